The van der Waals surface area contributed by atoms with E-state index in [4.69, 9.17) is 4.74 Å². The van der Waals surface area contributed by atoms with Crippen LogP contribution in [0.4, 0.5) is 0 Å². The number of hydrogen-bond donors (Lipinski definition) is 1. The Kier molecular flexibility index (Phi) is 4.60. The second-order valence-corrected chi connectivity index (χ2v) is 6.28. The Hall–Kier alpha value is -1.33. The summed E-state index contributed by atoms with van der Waals surface area (Å²) in [5.41, 5.74) is 2.39. The van der Waals surface area contributed by atoms with Crippen LogP contribution in [0.3, 0.4) is 0 Å². The van der Waals surface area contributed by atoms with Gasteiger partial charge in [-0.1, -0.05) is 12.1 Å². The van der Waals surface area contributed by atoms with Gasteiger partial charge in [-0.15, -0.1) is 0 Å². The molecule has 0 aliphatic heterocycles. The molecule has 0 spiro atoms. The van der Waals surface area contributed by atoms with E-state index >= 15 is 0 Å². The van der Waals surface area contributed by atoms with Crippen LogP contribution in [0, 0.1) is 0 Å². The number of aryl methyl sites for hydroxylation is 1. The number of nitrogens with zero attached hydrogens (tertiary/aromatic N) is 2. The van der Waals surface area contributed by atoms with Crippen LogP contribution in [-0.2, 0) is 20.0 Å². The van der Waals surface area contributed by atoms with Gasteiger partial charge in [0.1, 0.15) is 5.75 Å². The van der Waals surface area contributed by atoms with Gasteiger partial charge in [-0.2, -0.15) is 5.10 Å². The average molecular weight is 350 g/mol. The standard InChI is InChI=1S/C16H20BrN3O/c1-20-14(7-9-19-20)8-10-21-16-12(3-2-4-15(16)17)11-18-13-5-6-13/h2-4,7,9,13,18H,5-6,8,10-11H2,1H3. The van der Waals surface area contributed by atoms with Crippen molar-refractivity contribution in [3.05, 3.63) is 46.2 Å². The molecule has 1 aromatic carbocycles. The van der Waals surface area contributed by atoms with Gasteiger partial charge in [0.15, 0.2) is 0 Å². The maximum atomic E-state index is 6.02. The van der Waals surface area contributed by atoms with Gasteiger partial charge in [-0.3, -0.25) is 4.68 Å². The van der Waals surface area contributed by atoms with Crippen LogP contribution in [-0.4, -0.2) is 22.4 Å². The van der Waals surface area contributed by atoms with Crippen molar-refractivity contribution in [2.75, 3.05) is 6.61 Å². The molecule has 4 nitrogen and oxygen atoms in total. The molecule has 5 heteroatoms. The fourth-order valence-electron chi connectivity index (χ4n) is 2.30. The van der Waals surface area contributed by atoms with E-state index in [0.717, 1.165) is 23.2 Å². The maximum absolute atomic E-state index is 6.02. The minimum Gasteiger partial charge on any atom is -0.492 e. The lowest BCUT2D eigenvalue weighted by Gasteiger charge is -2.14. The summed E-state index contributed by atoms with van der Waals surface area (Å²) in [5.74, 6) is 0.952. The molecule has 0 bridgehead atoms. The van der Waals surface area contributed by atoms with Gasteiger partial charge >= 0.3 is 0 Å². The minimum atomic E-state index is 0.651. The van der Waals surface area contributed by atoms with E-state index in [-0.39, 0.29) is 0 Å². The molecule has 1 aliphatic carbocycles. The quantitative estimate of drug-likeness (QED) is 0.834. The molecule has 112 valence electrons. The summed E-state index contributed by atoms with van der Waals surface area (Å²) in [7, 11) is 1.96. The first-order chi connectivity index (χ1) is 10.2. The number of nitrogens with one attached hydrogen (secondary N) is 1. The Morgan fingerprint density at radius 3 is 2.95 bits per heavy atom. The fraction of sp³-hybridized carbons (Fsp3) is 0.438. The van der Waals surface area contributed by atoms with E-state index < -0.39 is 0 Å². The number of rotatable bonds is 7. The Morgan fingerprint density at radius 2 is 2.24 bits per heavy atom. The zero-order chi connectivity index (χ0) is 14.7. The summed E-state index contributed by atoms with van der Waals surface area (Å²) in [4.78, 5) is 0. The first-order valence-corrected chi connectivity index (χ1v) is 8.14. The van der Waals surface area contributed by atoms with E-state index in [0.29, 0.717) is 12.6 Å². The summed E-state index contributed by atoms with van der Waals surface area (Å²) >= 11 is 3.59. The fourth-order valence-corrected chi connectivity index (χ4v) is 2.82. The highest BCUT2D eigenvalue weighted by Crippen LogP contribution is 2.30. The van der Waals surface area contributed by atoms with Gasteiger partial charge in [-0.05, 0) is 40.9 Å². The van der Waals surface area contributed by atoms with Crippen molar-refractivity contribution in [1.29, 1.82) is 0 Å². The third-order valence-electron chi connectivity index (χ3n) is 3.73. The predicted molar refractivity (Wildman–Crippen MR) is 86.4 cm³/mol. The predicted octanol–water partition coefficient (Wildman–Crippen LogP) is 3.06. The summed E-state index contributed by atoms with van der Waals surface area (Å²) in [6.07, 6.45) is 5.27. The summed E-state index contributed by atoms with van der Waals surface area (Å²) < 4.78 is 8.93. The Labute approximate surface area is 133 Å². The van der Waals surface area contributed by atoms with Gasteiger partial charge in [0.25, 0.3) is 0 Å². The van der Waals surface area contributed by atoms with Crippen molar-refractivity contribution >= 4 is 15.9 Å². The van der Waals surface area contributed by atoms with Crippen LogP contribution in [0.2, 0.25) is 0 Å². The number of hydrogen-bond acceptors (Lipinski definition) is 3. The molecule has 0 atom stereocenters. The van der Waals surface area contributed by atoms with Gasteiger partial charge in [-0.25, -0.2) is 0 Å². The van der Waals surface area contributed by atoms with E-state index in [9.17, 15) is 0 Å². The highest BCUT2D eigenvalue weighted by atomic mass is 79.9. The molecule has 1 aromatic heterocycles. The Bertz CT molecular complexity index is 607. The van der Waals surface area contributed by atoms with Gasteiger partial charge < -0.3 is 10.1 Å². The number of para-hydroxylation sites is 1. The first-order valence-electron chi connectivity index (χ1n) is 7.34. The van der Waals surface area contributed by atoms with Crippen molar-refractivity contribution in [3.8, 4) is 5.75 Å². The Morgan fingerprint density at radius 1 is 1.38 bits per heavy atom. The SMILES string of the molecule is Cn1nccc1CCOc1c(Br)cccc1CNC1CC1. The molecule has 1 fully saturated rings. The van der Waals surface area contributed by atoms with Gasteiger partial charge in [0.2, 0.25) is 0 Å². The number of halogens is 1. The lowest BCUT2D eigenvalue weighted by atomic mass is 10.2. The lowest BCUT2D eigenvalue weighted by molar-refractivity contribution is 0.312. The molecule has 0 radical (unpaired) electrons. The van der Waals surface area contributed by atoms with E-state index in [1.54, 1.807) is 0 Å². The van der Waals surface area contributed by atoms with Crippen LogP contribution in [0.25, 0.3) is 0 Å². The third-order valence-corrected chi connectivity index (χ3v) is 4.36. The van der Waals surface area contributed by atoms with Crippen molar-refractivity contribution in [3.63, 3.8) is 0 Å². The van der Waals surface area contributed by atoms with Crippen LogP contribution in [0.1, 0.15) is 24.1 Å². The van der Waals surface area contributed by atoms with Crippen LogP contribution < -0.4 is 10.1 Å². The molecule has 2 aromatic rings. The van der Waals surface area contributed by atoms with Crippen molar-refractivity contribution in [1.82, 2.24) is 15.1 Å². The maximum Gasteiger partial charge on any atom is 0.137 e. The highest BCUT2D eigenvalue weighted by Gasteiger charge is 2.21. The summed E-state index contributed by atoms with van der Waals surface area (Å²) in [6.45, 7) is 1.52. The molecule has 3 rings (SSSR count). The smallest absolute Gasteiger partial charge is 0.137 e. The van der Waals surface area contributed by atoms with Crippen LogP contribution in [0.15, 0.2) is 34.9 Å². The molecule has 0 unspecified atom stereocenters. The van der Waals surface area contributed by atoms with E-state index in [1.165, 1.54) is 24.1 Å². The van der Waals surface area contributed by atoms with Gasteiger partial charge in [0.05, 0.1) is 11.1 Å². The van der Waals surface area contributed by atoms with Crippen molar-refractivity contribution in [2.24, 2.45) is 7.05 Å². The van der Waals surface area contributed by atoms with Crippen LogP contribution in [0.5, 0.6) is 5.75 Å². The molecule has 21 heavy (non-hydrogen) atoms. The largest absolute Gasteiger partial charge is 0.492 e. The topological polar surface area (TPSA) is 39.1 Å². The monoisotopic (exact) mass is 349 g/mol. The van der Waals surface area contributed by atoms with Crippen molar-refractivity contribution in [2.45, 2.75) is 31.8 Å². The average Bonchev–Trinajstić information content (AvgIpc) is 3.22. The highest BCUT2D eigenvalue weighted by molar-refractivity contribution is 9.10. The summed E-state index contributed by atoms with van der Waals surface area (Å²) in [5, 5.41) is 7.71. The van der Waals surface area contributed by atoms with E-state index in [1.807, 2.05) is 30.1 Å². The molecule has 1 heterocycles. The molecular formula is C16H20BrN3O. The number of aromatic nitrogens is 2. The normalized spacial score (nSPS) is 14.4. The molecule has 0 amide bonds. The number of ether oxygens (including phenoxy) is 1. The molecule has 1 N–H and O–H groups in total. The second kappa shape index (κ2) is 6.62. The Balaban J connectivity index is 1.61. The van der Waals surface area contributed by atoms with Crippen LogP contribution >= 0.6 is 15.9 Å². The third kappa shape index (κ3) is 3.86. The minimum absolute atomic E-state index is 0.651. The zero-order valence-electron chi connectivity index (χ0n) is 12.2. The second-order valence-electron chi connectivity index (χ2n) is 5.43. The van der Waals surface area contributed by atoms with Gasteiger partial charge in [0, 0.05) is 43.5 Å². The van der Waals surface area contributed by atoms with E-state index in [2.05, 4.69) is 38.5 Å². The zero-order valence-corrected chi connectivity index (χ0v) is 13.8. The first kappa shape index (κ1) is 14.6. The lowest BCUT2D eigenvalue weighted by Crippen LogP contribution is -2.16. The molecular weight excluding hydrogens is 330 g/mol. The molecule has 0 saturated heterocycles. The molecule has 1 saturated carbocycles. The molecule has 1 aliphatic rings. The summed E-state index contributed by atoms with van der Waals surface area (Å²) in [6, 6.07) is 8.94. The number of benzene rings is 1. The van der Waals surface area contributed by atoms with Crippen molar-refractivity contribution < 1.29 is 4.74 Å².